The van der Waals surface area contributed by atoms with Crippen LogP contribution in [0.3, 0.4) is 0 Å². The third kappa shape index (κ3) is 5.71. The Bertz CT molecular complexity index is 476. The predicted octanol–water partition coefficient (Wildman–Crippen LogP) is 1.92. The van der Waals surface area contributed by atoms with Gasteiger partial charge in [-0.25, -0.2) is 4.98 Å². The molecule has 0 radical (unpaired) electrons. The highest BCUT2D eigenvalue weighted by Gasteiger charge is 2.17. The molecule has 1 rings (SSSR count). The Balaban J connectivity index is 2.48. The van der Waals surface area contributed by atoms with E-state index in [9.17, 15) is 9.59 Å². The largest absolute Gasteiger partial charge is 0.466 e. The van der Waals surface area contributed by atoms with E-state index in [1.165, 1.54) is 11.3 Å². The standard InChI is InChI=1S/C14H23N3O3S/c1-5-17(4)13(19)10(3)15-14-16-11(9-21-14)7-8-12(18)20-6-2/h9-10H,5-8H2,1-4H3,(H,15,16). The van der Waals surface area contributed by atoms with Crippen LogP contribution in [-0.2, 0) is 20.7 Å². The van der Waals surface area contributed by atoms with Gasteiger partial charge in [0, 0.05) is 25.4 Å². The summed E-state index contributed by atoms with van der Waals surface area (Å²) in [4.78, 5) is 29.3. The first-order valence-electron chi connectivity index (χ1n) is 7.09. The summed E-state index contributed by atoms with van der Waals surface area (Å²) in [5, 5.41) is 5.67. The van der Waals surface area contributed by atoms with E-state index in [2.05, 4.69) is 10.3 Å². The van der Waals surface area contributed by atoms with Crippen molar-refractivity contribution in [2.75, 3.05) is 25.5 Å². The Hall–Kier alpha value is -1.63. The quantitative estimate of drug-likeness (QED) is 0.742. The smallest absolute Gasteiger partial charge is 0.306 e. The lowest BCUT2D eigenvalue weighted by Gasteiger charge is -2.20. The van der Waals surface area contributed by atoms with E-state index in [1.54, 1.807) is 18.9 Å². The molecule has 6 nitrogen and oxygen atoms in total. The number of thiazole rings is 1. The number of ether oxygens (including phenoxy) is 1. The average molecular weight is 313 g/mol. The molecule has 1 heterocycles. The number of nitrogens with one attached hydrogen (secondary N) is 1. The van der Waals surface area contributed by atoms with Crippen molar-refractivity contribution in [1.29, 1.82) is 0 Å². The fourth-order valence-electron chi connectivity index (χ4n) is 1.68. The molecule has 0 aliphatic rings. The first-order chi connectivity index (χ1) is 9.97. The molecule has 0 spiro atoms. The van der Waals surface area contributed by atoms with Crippen LogP contribution in [0.2, 0.25) is 0 Å². The van der Waals surface area contributed by atoms with E-state index in [-0.39, 0.29) is 17.9 Å². The van der Waals surface area contributed by atoms with Crippen LogP contribution in [0.15, 0.2) is 5.38 Å². The van der Waals surface area contributed by atoms with Crippen LogP contribution in [0.5, 0.6) is 0 Å². The summed E-state index contributed by atoms with van der Waals surface area (Å²) in [6.07, 6.45) is 0.873. The number of likely N-dealkylation sites (N-methyl/N-ethyl adjacent to an activating group) is 1. The van der Waals surface area contributed by atoms with E-state index >= 15 is 0 Å². The minimum atomic E-state index is -0.320. The molecule has 1 aromatic heterocycles. The number of rotatable bonds is 8. The summed E-state index contributed by atoms with van der Waals surface area (Å²) in [6, 6.07) is -0.320. The van der Waals surface area contributed by atoms with Crippen LogP contribution < -0.4 is 5.32 Å². The topological polar surface area (TPSA) is 71.5 Å². The van der Waals surface area contributed by atoms with Crippen molar-refractivity contribution in [2.45, 2.75) is 39.7 Å². The van der Waals surface area contributed by atoms with Gasteiger partial charge in [-0.05, 0) is 20.8 Å². The second-order valence-electron chi connectivity index (χ2n) is 4.67. The number of aryl methyl sites for hydroxylation is 1. The lowest BCUT2D eigenvalue weighted by molar-refractivity contribution is -0.143. The zero-order valence-electron chi connectivity index (χ0n) is 13.0. The van der Waals surface area contributed by atoms with E-state index in [1.807, 2.05) is 19.2 Å². The minimum Gasteiger partial charge on any atom is -0.466 e. The highest BCUT2D eigenvalue weighted by Crippen LogP contribution is 2.18. The van der Waals surface area contributed by atoms with Crippen LogP contribution in [0.1, 0.15) is 32.9 Å². The molecule has 7 heteroatoms. The fourth-order valence-corrected chi connectivity index (χ4v) is 2.52. The molecule has 0 saturated carbocycles. The maximum Gasteiger partial charge on any atom is 0.306 e. The highest BCUT2D eigenvalue weighted by atomic mass is 32.1. The molecule has 0 aliphatic heterocycles. The van der Waals surface area contributed by atoms with Gasteiger partial charge in [-0.15, -0.1) is 11.3 Å². The first kappa shape index (κ1) is 17.4. The van der Waals surface area contributed by atoms with E-state index in [0.29, 0.717) is 31.1 Å². The number of carbonyl (C=O) groups excluding carboxylic acids is 2. The number of esters is 1. The van der Waals surface area contributed by atoms with Gasteiger partial charge in [-0.3, -0.25) is 9.59 Å². The van der Waals surface area contributed by atoms with Gasteiger partial charge in [-0.1, -0.05) is 0 Å². The number of nitrogens with zero attached hydrogens (tertiary/aromatic N) is 2. The van der Waals surface area contributed by atoms with Crippen molar-refractivity contribution in [3.63, 3.8) is 0 Å². The Morgan fingerprint density at radius 3 is 2.81 bits per heavy atom. The third-order valence-corrected chi connectivity index (χ3v) is 3.83. The number of carbonyl (C=O) groups is 2. The molecule has 1 N–H and O–H groups in total. The lowest BCUT2D eigenvalue weighted by Crippen LogP contribution is -2.38. The van der Waals surface area contributed by atoms with Gasteiger partial charge in [0.1, 0.15) is 6.04 Å². The average Bonchev–Trinajstić information content (AvgIpc) is 2.91. The van der Waals surface area contributed by atoms with Gasteiger partial charge in [0.2, 0.25) is 5.91 Å². The maximum absolute atomic E-state index is 12.0. The van der Waals surface area contributed by atoms with Gasteiger partial charge in [0.25, 0.3) is 0 Å². The number of hydrogen-bond donors (Lipinski definition) is 1. The van der Waals surface area contributed by atoms with Gasteiger partial charge < -0.3 is 15.0 Å². The fraction of sp³-hybridized carbons (Fsp3) is 0.643. The second-order valence-corrected chi connectivity index (χ2v) is 5.53. The maximum atomic E-state index is 12.0. The van der Waals surface area contributed by atoms with Gasteiger partial charge >= 0.3 is 5.97 Å². The second kappa shape index (κ2) is 8.61. The zero-order chi connectivity index (χ0) is 15.8. The van der Waals surface area contributed by atoms with Crippen LogP contribution in [0.25, 0.3) is 0 Å². The minimum absolute atomic E-state index is 0.0285. The van der Waals surface area contributed by atoms with Gasteiger partial charge in [0.05, 0.1) is 18.7 Å². The van der Waals surface area contributed by atoms with Crippen LogP contribution in [0.4, 0.5) is 5.13 Å². The van der Waals surface area contributed by atoms with Crippen molar-refractivity contribution in [2.24, 2.45) is 0 Å². The number of aromatic nitrogens is 1. The molecule has 1 unspecified atom stereocenters. The first-order valence-corrected chi connectivity index (χ1v) is 7.97. The van der Waals surface area contributed by atoms with Crippen molar-refractivity contribution in [3.05, 3.63) is 11.1 Å². The Morgan fingerprint density at radius 2 is 2.19 bits per heavy atom. The molecule has 0 aliphatic carbocycles. The molecule has 0 fully saturated rings. The Labute approximate surface area is 129 Å². The lowest BCUT2D eigenvalue weighted by atomic mass is 10.2. The summed E-state index contributed by atoms with van der Waals surface area (Å²) in [6.45, 7) is 6.60. The van der Waals surface area contributed by atoms with Crippen molar-refractivity contribution in [1.82, 2.24) is 9.88 Å². The molecule has 0 saturated heterocycles. The molecule has 1 atom stereocenters. The van der Waals surface area contributed by atoms with Crippen molar-refractivity contribution in [3.8, 4) is 0 Å². The SMILES string of the molecule is CCOC(=O)CCc1csc(NC(C)C(=O)N(C)CC)n1. The van der Waals surface area contributed by atoms with E-state index < -0.39 is 0 Å². The number of amides is 1. The molecular weight excluding hydrogens is 290 g/mol. The zero-order valence-corrected chi connectivity index (χ0v) is 13.8. The number of hydrogen-bond acceptors (Lipinski definition) is 6. The Kier molecular flexibility index (Phi) is 7.14. The highest BCUT2D eigenvalue weighted by molar-refractivity contribution is 7.13. The molecule has 21 heavy (non-hydrogen) atoms. The van der Waals surface area contributed by atoms with Crippen molar-refractivity contribution < 1.29 is 14.3 Å². The Morgan fingerprint density at radius 1 is 1.48 bits per heavy atom. The summed E-state index contributed by atoms with van der Waals surface area (Å²) in [7, 11) is 1.77. The molecule has 1 aromatic rings. The molecule has 0 bridgehead atoms. The third-order valence-electron chi connectivity index (χ3n) is 3.00. The van der Waals surface area contributed by atoms with Crippen molar-refractivity contribution >= 4 is 28.3 Å². The predicted molar refractivity (Wildman–Crippen MR) is 83.5 cm³/mol. The van der Waals surface area contributed by atoms with Crippen LogP contribution in [0, 0.1) is 0 Å². The van der Waals surface area contributed by atoms with E-state index in [4.69, 9.17) is 4.74 Å². The van der Waals surface area contributed by atoms with Gasteiger partial charge in [0.15, 0.2) is 5.13 Å². The summed E-state index contributed by atoms with van der Waals surface area (Å²) < 4.78 is 4.88. The van der Waals surface area contributed by atoms with E-state index in [0.717, 1.165) is 5.69 Å². The summed E-state index contributed by atoms with van der Waals surface area (Å²) >= 11 is 1.43. The molecule has 118 valence electrons. The van der Waals surface area contributed by atoms with Gasteiger partial charge in [-0.2, -0.15) is 0 Å². The molecule has 1 amide bonds. The van der Waals surface area contributed by atoms with Crippen LogP contribution in [-0.4, -0.2) is 48.0 Å². The summed E-state index contributed by atoms with van der Waals surface area (Å²) in [5.74, 6) is -0.186. The number of anilines is 1. The summed E-state index contributed by atoms with van der Waals surface area (Å²) in [5.41, 5.74) is 0.832. The monoisotopic (exact) mass is 313 g/mol. The molecular formula is C14H23N3O3S. The van der Waals surface area contributed by atoms with Crippen LogP contribution >= 0.6 is 11.3 Å². The molecule has 0 aromatic carbocycles. The normalized spacial score (nSPS) is 11.8.